The van der Waals surface area contributed by atoms with Crippen molar-refractivity contribution in [2.45, 2.75) is 6.54 Å². The SMILES string of the molecule is N/C=C\n1c(-c2ccccc2N)nc(-c2ccc(Oc3ccccc3)cc2)c1CN. The molecule has 0 atom stereocenters. The lowest BCUT2D eigenvalue weighted by molar-refractivity contribution is 0.483. The first-order valence-corrected chi connectivity index (χ1v) is 9.59. The first kappa shape index (κ1) is 19.3. The smallest absolute Gasteiger partial charge is 0.147 e. The van der Waals surface area contributed by atoms with Crippen LogP contribution in [0.1, 0.15) is 5.69 Å². The molecule has 1 aromatic heterocycles. The fourth-order valence-electron chi connectivity index (χ4n) is 3.34. The molecule has 6 N–H and O–H groups in total. The minimum atomic E-state index is 0.293. The lowest BCUT2D eigenvalue weighted by atomic mass is 10.1. The minimum Gasteiger partial charge on any atom is -0.457 e. The molecule has 30 heavy (non-hydrogen) atoms. The number of benzene rings is 3. The Hall–Kier alpha value is -4.03. The normalized spacial score (nSPS) is 11.1. The summed E-state index contributed by atoms with van der Waals surface area (Å²) in [5.74, 6) is 2.22. The van der Waals surface area contributed by atoms with E-state index in [4.69, 9.17) is 26.9 Å². The van der Waals surface area contributed by atoms with Gasteiger partial charge in [-0.25, -0.2) is 4.98 Å². The Kier molecular flexibility index (Phi) is 5.50. The van der Waals surface area contributed by atoms with E-state index in [-0.39, 0.29) is 0 Å². The predicted octanol–water partition coefficient (Wildman–Crippen LogP) is 4.44. The maximum absolute atomic E-state index is 6.19. The quantitative estimate of drug-likeness (QED) is 0.417. The topological polar surface area (TPSA) is 105 Å². The van der Waals surface area contributed by atoms with Crippen molar-refractivity contribution in [2.24, 2.45) is 11.5 Å². The Morgan fingerprint density at radius 2 is 1.53 bits per heavy atom. The van der Waals surface area contributed by atoms with Crippen molar-refractivity contribution < 1.29 is 4.74 Å². The molecule has 6 nitrogen and oxygen atoms in total. The van der Waals surface area contributed by atoms with Crippen molar-refractivity contribution >= 4 is 11.9 Å². The Balaban J connectivity index is 1.75. The van der Waals surface area contributed by atoms with Gasteiger partial charge in [0.05, 0.1) is 11.4 Å². The first-order chi connectivity index (χ1) is 14.7. The van der Waals surface area contributed by atoms with E-state index < -0.39 is 0 Å². The number of ether oxygens (including phenoxy) is 1. The van der Waals surface area contributed by atoms with Crippen LogP contribution in [0.3, 0.4) is 0 Å². The van der Waals surface area contributed by atoms with Crippen LogP contribution in [0.5, 0.6) is 11.5 Å². The van der Waals surface area contributed by atoms with Crippen molar-refractivity contribution in [1.82, 2.24) is 9.55 Å². The largest absolute Gasteiger partial charge is 0.457 e. The number of hydrogen-bond acceptors (Lipinski definition) is 5. The molecule has 0 aliphatic heterocycles. The van der Waals surface area contributed by atoms with E-state index in [9.17, 15) is 0 Å². The molecule has 0 bridgehead atoms. The minimum absolute atomic E-state index is 0.293. The van der Waals surface area contributed by atoms with E-state index in [0.29, 0.717) is 18.1 Å². The van der Waals surface area contributed by atoms with Gasteiger partial charge in [0.15, 0.2) is 0 Å². The summed E-state index contributed by atoms with van der Waals surface area (Å²) in [6.07, 6.45) is 3.21. The lowest BCUT2D eigenvalue weighted by Gasteiger charge is -2.08. The van der Waals surface area contributed by atoms with Gasteiger partial charge in [-0.2, -0.15) is 0 Å². The summed E-state index contributed by atoms with van der Waals surface area (Å²) < 4.78 is 7.77. The average molecular weight is 397 g/mol. The van der Waals surface area contributed by atoms with Crippen LogP contribution >= 0.6 is 0 Å². The van der Waals surface area contributed by atoms with Crippen molar-refractivity contribution in [3.05, 3.63) is 90.8 Å². The number of nitrogen functional groups attached to an aromatic ring is 1. The van der Waals surface area contributed by atoms with Crippen LogP contribution in [-0.2, 0) is 6.54 Å². The number of imidazole rings is 1. The zero-order valence-electron chi connectivity index (χ0n) is 16.4. The van der Waals surface area contributed by atoms with E-state index in [1.807, 2.05) is 83.4 Å². The lowest BCUT2D eigenvalue weighted by Crippen LogP contribution is -2.06. The summed E-state index contributed by atoms with van der Waals surface area (Å²) in [5.41, 5.74) is 22.0. The number of para-hydroxylation sites is 2. The van der Waals surface area contributed by atoms with Crippen LogP contribution in [-0.4, -0.2) is 9.55 Å². The monoisotopic (exact) mass is 397 g/mol. The molecule has 0 fully saturated rings. The van der Waals surface area contributed by atoms with Gasteiger partial charge < -0.3 is 26.5 Å². The van der Waals surface area contributed by atoms with Gasteiger partial charge in [0.1, 0.15) is 17.3 Å². The molecule has 4 rings (SSSR count). The van der Waals surface area contributed by atoms with Gasteiger partial charge in [-0.05, 0) is 48.5 Å². The van der Waals surface area contributed by atoms with Gasteiger partial charge in [-0.3, -0.25) is 0 Å². The molecule has 6 heteroatoms. The van der Waals surface area contributed by atoms with Gasteiger partial charge in [0.25, 0.3) is 0 Å². The number of hydrogen-bond donors (Lipinski definition) is 3. The van der Waals surface area contributed by atoms with Crippen molar-refractivity contribution in [3.8, 4) is 34.1 Å². The molecule has 3 aromatic carbocycles. The highest BCUT2D eigenvalue weighted by molar-refractivity contribution is 5.77. The third-order valence-corrected chi connectivity index (χ3v) is 4.75. The fraction of sp³-hybridized carbons (Fsp3) is 0.0417. The number of nitrogens with two attached hydrogens (primary N) is 3. The van der Waals surface area contributed by atoms with Gasteiger partial charge in [-0.1, -0.05) is 30.3 Å². The fourth-order valence-corrected chi connectivity index (χ4v) is 3.34. The van der Waals surface area contributed by atoms with E-state index in [0.717, 1.165) is 34.0 Å². The molecule has 0 radical (unpaired) electrons. The van der Waals surface area contributed by atoms with Gasteiger partial charge in [0, 0.05) is 35.8 Å². The van der Waals surface area contributed by atoms with Crippen LogP contribution in [0, 0.1) is 0 Å². The second-order valence-electron chi connectivity index (χ2n) is 6.67. The Bertz CT molecular complexity index is 1160. The summed E-state index contributed by atoms with van der Waals surface area (Å²) in [4.78, 5) is 4.87. The number of rotatable bonds is 6. The Morgan fingerprint density at radius 1 is 0.867 bits per heavy atom. The Morgan fingerprint density at radius 3 is 2.20 bits per heavy atom. The summed E-state index contributed by atoms with van der Waals surface area (Å²) in [6.45, 7) is 0.293. The molecule has 150 valence electrons. The summed E-state index contributed by atoms with van der Waals surface area (Å²) in [7, 11) is 0. The summed E-state index contributed by atoms with van der Waals surface area (Å²) in [5, 5.41) is 0. The van der Waals surface area contributed by atoms with Crippen LogP contribution in [0.25, 0.3) is 28.8 Å². The molecular weight excluding hydrogens is 374 g/mol. The summed E-state index contributed by atoms with van der Waals surface area (Å²) in [6, 6.07) is 25.0. The highest BCUT2D eigenvalue weighted by Crippen LogP contribution is 2.33. The van der Waals surface area contributed by atoms with Crippen LogP contribution < -0.4 is 21.9 Å². The second kappa shape index (κ2) is 8.55. The van der Waals surface area contributed by atoms with E-state index in [2.05, 4.69) is 0 Å². The van der Waals surface area contributed by atoms with Gasteiger partial charge in [0.2, 0.25) is 0 Å². The molecule has 0 saturated heterocycles. The van der Waals surface area contributed by atoms with Gasteiger partial charge in [-0.15, -0.1) is 0 Å². The molecule has 0 spiro atoms. The van der Waals surface area contributed by atoms with Crippen molar-refractivity contribution in [1.29, 1.82) is 0 Å². The molecule has 4 aromatic rings. The first-order valence-electron chi connectivity index (χ1n) is 9.59. The highest BCUT2D eigenvalue weighted by Gasteiger charge is 2.19. The van der Waals surface area contributed by atoms with Crippen molar-refractivity contribution in [2.75, 3.05) is 5.73 Å². The average Bonchev–Trinajstić information content (AvgIpc) is 3.14. The van der Waals surface area contributed by atoms with E-state index >= 15 is 0 Å². The highest BCUT2D eigenvalue weighted by atomic mass is 16.5. The standard InChI is InChI=1S/C24H23N5O/c25-14-15-29-22(16-26)23(28-24(29)20-8-4-5-9-21(20)27)17-10-12-19(13-11-17)30-18-6-2-1-3-7-18/h1-15H,16,25-27H2/b15-14-. The van der Waals surface area contributed by atoms with Gasteiger partial charge >= 0.3 is 0 Å². The number of anilines is 1. The van der Waals surface area contributed by atoms with Crippen molar-refractivity contribution in [3.63, 3.8) is 0 Å². The van der Waals surface area contributed by atoms with Crippen LogP contribution in [0.4, 0.5) is 5.69 Å². The third-order valence-electron chi connectivity index (χ3n) is 4.75. The van der Waals surface area contributed by atoms with E-state index in [1.54, 1.807) is 6.20 Å². The third kappa shape index (κ3) is 3.76. The second-order valence-corrected chi connectivity index (χ2v) is 6.67. The van der Waals surface area contributed by atoms with Crippen LogP contribution in [0.2, 0.25) is 0 Å². The number of aromatic nitrogens is 2. The maximum atomic E-state index is 6.19. The molecule has 0 aliphatic carbocycles. The molecular formula is C24H23N5O. The van der Waals surface area contributed by atoms with Crippen LogP contribution in [0.15, 0.2) is 85.1 Å². The zero-order valence-corrected chi connectivity index (χ0v) is 16.4. The molecule has 0 amide bonds. The van der Waals surface area contributed by atoms with E-state index in [1.165, 1.54) is 6.20 Å². The Labute approximate surface area is 175 Å². The summed E-state index contributed by atoms with van der Waals surface area (Å²) >= 11 is 0. The molecule has 0 saturated carbocycles. The maximum Gasteiger partial charge on any atom is 0.147 e. The predicted molar refractivity (Wildman–Crippen MR) is 121 cm³/mol. The molecule has 0 aliphatic rings. The number of nitrogens with zero attached hydrogens (tertiary/aromatic N) is 2. The molecule has 0 unspecified atom stereocenters. The molecule has 1 heterocycles. The zero-order chi connectivity index (χ0) is 20.9.